The molecule has 2 atom stereocenters. The molecule has 5 aromatic rings. The van der Waals surface area contributed by atoms with Crippen molar-refractivity contribution in [1.29, 1.82) is 0 Å². The maximum absolute atomic E-state index is 13.9. The highest BCUT2D eigenvalue weighted by Gasteiger charge is 2.38. The quantitative estimate of drug-likeness (QED) is 0.198. The molecule has 0 fully saturated rings. The summed E-state index contributed by atoms with van der Waals surface area (Å²) in [6.45, 7) is -1.20. The minimum absolute atomic E-state index is 0.0285. The van der Waals surface area contributed by atoms with Crippen LogP contribution in [0.4, 0.5) is 27.6 Å². The van der Waals surface area contributed by atoms with Crippen LogP contribution in [0.1, 0.15) is 44.3 Å². The first kappa shape index (κ1) is 36.1. The van der Waals surface area contributed by atoms with Crippen LogP contribution in [0.5, 0.6) is 0 Å². The van der Waals surface area contributed by atoms with Crippen molar-refractivity contribution in [2.24, 2.45) is 5.92 Å². The number of hydrogen-bond donors (Lipinski definition) is 2. The number of halogens is 7. The average Bonchev–Trinajstić information content (AvgIpc) is 3.69. The van der Waals surface area contributed by atoms with E-state index < -0.39 is 30.7 Å². The second-order valence-corrected chi connectivity index (χ2v) is 11.7. The van der Waals surface area contributed by atoms with Crippen LogP contribution in [-0.4, -0.2) is 62.5 Å². The molecule has 262 valence electrons. The number of hydrogen-bond acceptors (Lipinski definition) is 8. The zero-order valence-electron chi connectivity index (χ0n) is 25.5. The van der Waals surface area contributed by atoms with Gasteiger partial charge in [0, 0.05) is 28.8 Å². The lowest BCUT2D eigenvalue weighted by molar-refractivity contribution is -0.192. The zero-order chi connectivity index (χ0) is 36.3. The predicted octanol–water partition coefficient (Wildman–Crippen LogP) is 6.43. The first-order valence-electron chi connectivity index (χ1n) is 14.5. The Morgan fingerprint density at radius 1 is 1.06 bits per heavy atom. The number of fused-ring (bicyclic) bond motifs is 4. The molecule has 50 heavy (non-hydrogen) atoms. The van der Waals surface area contributed by atoms with Crippen LogP contribution < -0.4 is 10.9 Å². The van der Waals surface area contributed by atoms with E-state index in [1.807, 2.05) is 0 Å². The highest BCUT2D eigenvalue weighted by atomic mass is 35.5. The van der Waals surface area contributed by atoms with E-state index in [0.717, 1.165) is 0 Å². The van der Waals surface area contributed by atoms with Crippen LogP contribution in [0.25, 0.3) is 28.3 Å². The van der Waals surface area contributed by atoms with Gasteiger partial charge in [-0.15, -0.1) is 5.10 Å². The second kappa shape index (κ2) is 14.7. The van der Waals surface area contributed by atoms with Gasteiger partial charge in [0.25, 0.3) is 5.56 Å². The maximum atomic E-state index is 13.9. The minimum Gasteiger partial charge on any atom is -0.475 e. The van der Waals surface area contributed by atoms with Crippen molar-refractivity contribution in [3.05, 3.63) is 87.4 Å². The third-order valence-electron chi connectivity index (χ3n) is 7.57. The number of aliphatic carboxylic acids is 1. The fraction of sp³-hybridized carbons (Fsp3) is 0.267. The van der Waals surface area contributed by atoms with Gasteiger partial charge in [0.2, 0.25) is 5.91 Å². The lowest BCUT2D eigenvalue weighted by Crippen LogP contribution is -2.26. The Kier molecular flexibility index (Phi) is 10.6. The molecule has 1 amide bonds. The number of carboxylic acid groups (broad SMARTS) is 1. The molecule has 2 N–H and O–H groups in total. The van der Waals surface area contributed by atoms with Crippen LogP contribution in [-0.2, 0) is 9.59 Å². The second-order valence-electron chi connectivity index (χ2n) is 10.9. The van der Waals surface area contributed by atoms with E-state index in [0.29, 0.717) is 51.5 Å². The summed E-state index contributed by atoms with van der Waals surface area (Å²) in [5.41, 5.74) is 2.04. The van der Waals surface area contributed by atoms with Gasteiger partial charge in [-0.2, -0.15) is 31.7 Å². The normalized spacial score (nSPS) is 16.4. The fourth-order valence-electron chi connectivity index (χ4n) is 5.18. The number of carbonyl (C=O) groups is 2. The largest absolute Gasteiger partial charge is 0.490 e. The molecular formula is C30H24Cl2F5N9O4. The van der Waals surface area contributed by atoms with Gasteiger partial charge in [-0.25, -0.2) is 14.5 Å². The van der Waals surface area contributed by atoms with Crippen LogP contribution >= 0.6 is 23.2 Å². The Morgan fingerprint density at radius 2 is 1.80 bits per heavy atom. The molecule has 0 radical (unpaired) electrons. The molecule has 1 aromatic carbocycles. The number of nitrogens with zero attached hydrogens (tertiary/aromatic N) is 8. The van der Waals surface area contributed by atoms with Crippen molar-refractivity contribution >= 4 is 40.8 Å². The van der Waals surface area contributed by atoms with Gasteiger partial charge in [-0.05, 0) is 48.7 Å². The Balaban J connectivity index is 0.000000630. The van der Waals surface area contributed by atoms with E-state index in [-0.39, 0.29) is 33.7 Å². The van der Waals surface area contributed by atoms with Gasteiger partial charge < -0.3 is 10.4 Å². The third-order valence-corrected chi connectivity index (χ3v) is 7.98. The highest BCUT2D eigenvalue weighted by Crippen LogP contribution is 2.35. The number of alkyl halides is 5. The summed E-state index contributed by atoms with van der Waals surface area (Å²) in [6.07, 6.45) is 2.13. The number of aromatic nitrogens is 8. The maximum Gasteiger partial charge on any atom is 0.490 e. The summed E-state index contributed by atoms with van der Waals surface area (Å²) < 4.78 is 63.0. The standard InChI is InChI=1S/C28H23Cl2F2N9O2.C2HF3O2/c1-15-3-2-4-22(16-7-8-33-20(9-16)26-21(36-27(15)43)12-35-41(26)28(31)32)39-14-34-19(11-25(39)42)18-10-17(29)5-6-23(18)40-13-24(30)37-38-40;3-2(4,5)1(6)7/h5-15,22,28H,2-4H2,1H3,(H,36,43);(H,6,7)/t15-,22+;/m1./s1. The predicted molar refractivity (Wildman–Crippen MR) is 169 cm³/mol. The van der Waals surface area contributed by atoms with E-state index in [9.17, 15) is 31.5 Å². The van der Waals surface area contributed by atoms with Crippen molar-refractivity contribution in [2.45, 2.75) is 45.0 Å². The molecule has 20 heteroatoms. The topological polar surface area (TPSA) is 163 Å². The first-order valence-corrected chi connectivity index (χ1v) is 15.3. The molecule has 0 unspecified atom stereocenters. The number of carbonyl (C=O) groups excluding carboxylic acids is 1. The van der Waals surface area contributed by atoms with Gasteiger partial charge in [-0.3, -0.25) is 19.1 Å². The van der Waals surface area contributed by atoms with E-state index in [2.05, 4.69) is 30.7 Å². The number of benzene rings is 1. The monoisotopic (exact) mass is 739 g/mol. The van der Waals surface area contributed by atoms with E-state index in [1.54, 1.807) is 37.3 Å². The lowest BCUT2D eigenvalue weighted by Gasteiger charge is -2.23. The van der Waals surface area contributed by atoms with Crippen molar-refractivity contribution < 1.29 is 36.6 Å². The molecule has 0 saturated carbocycles. The average molecular weight is 740 g/mol. The first-order chi connectivity index (χ1) is 23.6. The molecule has 6 rings (SSSR count). The molecule has 13 nitrogen and oxygen atoms in total. The Bertz CT molecular complexity index is 2100. The Labute approximate surface area is 288 Å². The van der Waals surface area contributed by atoms with Crippen LogP contribution in [0.15, 0.2) is 66.1 Å². The number of pyridine rings is 1. The molecule has 5 heterocycles. The Hall–Kier alpha value is -5.23. The van der Waals surface area contributed by atoms with Gasteiger partial charge in [0.15, 0.2) is 5.15 Å². The highest BCUT2D eigenvalue weighted by molar-refractivity contribution is 6.31. The molecule has 1 aliphatic rings. The minimum atomic E-state index is -5.08. The third kappa shape index (κ3) is 7.97. The molecule has 4 aromatic heterocycles. The van der Waals surface area contributed by atoms with E-state index in [4.69, 9.17) is 33.1 Å². The molecule has 1 aliphatic heterocycles. The number of rotatable bonds is 4. The summed E-state index contributed by atoms with van der Waals surface area (Å²) >= 11 is 12.3. The summed E-state index contributed by atoms with van der Waals surface area (Å²) in [4.78, 5) is 44.4. The van der Waals surface area contributed by atoms with Crippen molar-refractivity contribution in [3.8, 4) is 28.3 Å². The van der Waals surface area contributed by atoms with Crippen LogP contribution in [0.2, 0.25) is 10.2 Å². The summed E-state index contributed by atoms with van der Waals surface area (Å²) in [5.74, 6) is -3.50. The molecule has 0 saturated heterocycles. The van der Waals surface area contributed by atoms with Gasteiger partial charge >= 0.3 is 18.7 Å². The van der Waals surface area contributed by atoms with Crippen LogP contribution in [0, 0.1) is 5.92 Å². The summed E-state index contributed by atoms with van der Waals surface area (Å²) in [6, 6.07) is 9.29. The molecular weight excluding hydrogens is 716 g/mol. The number of carboxylic acids is 1. The Morgan fingerprint density at radius 3 is 2.44 bits per heavy atom. The lowest BCUT2D eigenvalue weighted by atomic mass is 9.95. The molecule has 2 bridgehead atoms. The number of nitrogens with one attached hydrogen (secondary N) is 1. The van der Waals surface area contributed by atoms with Crippen LogP contribution in [0.3, 0.4) is 0 Å². The van der Waals surface area contributed by atoms with Crippen molar-refractivity contribution in [3.63, 3.8) is 0 Å². The molecule has 0 aliphatic carbocycles. The van der Waals surface area contributed by atoms with Gasteiger partial charge in [0.05, 0.1) is 47.5 Å². The van der Waals surface area contributed by atoms with E-state index >= 15 is 0 Å². The van der Waals surface area contributed by atoms with Crippen molar-refractivity contribution in [2.75, 3.05) is 5.32 Å². The van der Waals surface area contributed by atoms with Gasteiger partial charge in [0.1, 0.15) is 5.69 Å². The fourth-order valence-corrected chi connectivity index (χ4v) is 5.48. The van der Waals surface area contributed by atoms with Gasteiger partial charge in [-0.1, -0.05) is 41.8 Å². The van der Waals surface area contributed by atoms with Crippen molar-refractivity contribution in [1.82, 2.24) is 39.3 Å². The smallest absolute Gasteiger partial charge is 0.475 e. The number of anilines is 1. The van der Waals surface area contributed by atoms with E-state index in [1.165, 1.54) is 40.2 Å². The number of amides is 1. The SMILES string of the molecule is C[C@@H]1CCC[C@H](n2cnc(-c3cc(Cl)ccc3-n3cc(Cl)nn3)cc2=O)c2ccnc(c2)-c2c(cnn2C(F)F)NC1=O.O=C(O)C(F)(F)F. The summed E-state index contributed by atoms with van der Waals surface area (Å²) in [5, 5.41) is 22.1. The summed E-state index contributed by atoms with van der Waals surface area (Å²) in [7, 11) is 0. The molecule has 0 spiro atoms. The zero-order valence-corrected chi connectivity index (χ0v) is 27.0.